The Hall–Kier alpha value is -4.05. The minimum Gasteiger partial charge on any atom is -0.493 e. The van der Waals surface area contributed by atoms with Crippen LogP contribution in [0.25, 0.3) is 0 Å². The number of benzene rings is 3. The molecule has 0 bridgehead atoms. The zero-order chi connectivity index (χ0) is 29.7. The van der Waals surface area contributed by atoms with E-state index in [-0.39, 0.29) is 24.3 Å². The normalized spacial score (nSPS) is 16.1. The minimum atomic E-state index is -0.808. The van der Waals surface area contributed by atoms with Crippen LogP contribution in [-0.2, 0) is 16.0 Å². The SMILES string of the molecule is COc1ccc(CCNC(=O)CN2CN(c3ccccc3)C3(CCN(C(=O)c4ccc(Br)cc4)CC3)C2=O)cc1OC. The lowest BCUT2D eigenvalue weighted by Crippen LogP contribution is -2.57. The maximum atomic E-state index is 14.0. The molecule has 5 rings (SSSR count). The number of rotatable bonds is 9. The van der Waals surface area contributed by atoms with Crippen molar-refractivity contribution >= 4 is 39.3 Å². The van der Waals surface area contributed by atoms with Crippen molar-refractivity contribution in [2.45, 2.75) is 24.8 Å². The zero-order valence-corrected chi connectivity index (χ0v) is 25.4. The summed E-state index contributed by atoms with van der Waals surface area (Å²) in [6, 6.07) is 22.8. The summed E-state index contributed by atoms with van der Waals surface area (Å²) in [5.74, 6) is 0.965. The summed E-state index contributed by atoms with van der Waals surface area (Å²) < 4.78 is 11.6. The molecule has 0 atom stereocenters. The molecule has 0 aromatic heterocycles. The first-order chi connectivity index (χ1) is 20.3. The van der Waals surface area contributed by atoms with Crippen LogP contribution in [-0.4, -0.2) is 80.1 Å². The van der Waals surface area contributed by atoms with Gasteiger partial charge >= 0.3 is 0 Å². The van der Waals surface area contributed by atoms with Gasteiger partial charge in [-0.05, 0) is 73.4 Å². The largest absolute Gasteiger partial charge is 0.493 e. The zero-order valence-electron chi connectivity index (χ0n) is 23.8. The second kappa shape index (κ2) is 12.9. The number of halogens is 1. The lowest BCUT2D eigenvalue weighted by Gasteiger charge is -2.43. The summed E-state index contributed by atoms with van der Waals surface area (Å²) in [6.45, 7) is 1.62. The number of ether oxygens (including phenoxy) is 2. The van der Waals surface area contributed by atoms with Gasteiger partial charge in [-0.15, -0.1) is 0 Å². The van der Waals surface area contributed by atoms with E-state index < -0.39 is 5.54 Å². The molecule has 1 spiro atoms. The maximum absolute atomic E-state index is 14.0. The number of carbonyl (C=O) groups is 3. The van der Waals surface area contributed by atoms with Crippen molar-refractivity contribution in [2.24, 2.45) is 0 Å². The summed E-state index contributed by atoms with van der Waals surface area (Å²) in [5.41, 5.74) is 1.74. The molecule has 2 heterocycles. The van der Waals surface area contributed by atoms with E-state index >= 15 is 0 Å². The molecule has 42 heavy (non-hydrogen) atoms. The quantitative estimate of drug-likeness (QED) is 0.381. The minimum absolute atomic E-state index is 0.0304. The molecule has 0 aliphatic carbocycles. The number of likely N-dealkylation sites (tertiary alicyclic amines) is 1. The molecule has 10 heteroatoms. The summed E-state index contributed by atoms with van der Waals surface area (Å²) in [7, 11) is 3.18. The average molecular weight is 636 g/mol. The highest BCUT2D eigenvalue weighted by atomic mass is 79.9. The molecule has 9 nitrogen and oxygen atoms in total. The van der Waals surface area contributed by atoms with Gasteiger partial charge in [0, 0.05) is 35.4 Å². The van der Waals surface area contributed by atoms with Crippen LogP contribution in [0.2, 0.25) is 0 Å². The summed E-state index contributed by atoms with van der Waals surface area (Å²) in [6.07, 6.45) is 1.59. The van der Waals surface area contributed by atoms with Gasteiger partial charge in [-0.3, -0.25) is 14.4 Å². The molecule has 1 N–H and O–H groups in total. The van der Waals surface area contributed by atoms with E-state index in [1.54, 1.807) is 31.3 Å². The topological polar surface area (TPSA) is 91.4 Å². The van der Waals surface area contributed by atoms with Crippen LogP contribution >= 0.6 is 15.9 Å². The van der Waals surface area contributed by atoms with E-state index in [0.717, 1.165) is 15.7 Å². The molecule has 2 aliphatic heterocycles. The Bertz CT molecular complexity index is 1420. The number of carbonyl (C=O) groups excluding carboxylic acids is 3. The fourth-order valence-corrected chi connectivity index (χ4v) is 6.05. The average Bonchev–Trinajstić information content (AvgIpc) is 3.27. The number of anilines is 1. The second-order valence-corrected chi connectivity index (χ2v) is 11.4. The van der Waals surface area contributed by atoms with Gasteiger partial charge in [-0.2, -0.15) is 0 Å². The first kappa shape index (κ1) is 29.4. The maximum Gasteiger partial charge on any atom is 0.253 e. The molecule has 3 aromatic carbocycles. The lowest BCUT2D eigenvalue weighted by atomic mass is 9.85. The van der Waals surface area contributed by atoms with Gasteiger partial charge < -0.3 is 29.5 Å². The third-order valence-electron chi connectivity index (χ3n) is 8.07. The fraction of sp³-hybridized carbons (Fsp3) is 0.344. The van der Waals surface area contributed by atoms with Crippen LogP contribution in [0.5, 0.6) is 11.5 Å². The van der Waals surface area contributed by atoms with Crippen LogP contribution < -0.4 is 19.7 Å². The molecule has 0 unspecified atom stereocenters. The van der Waals surface area contributed by atoms with Crippen LogP contribution in [0.1, 0.15) is 28.8 Å². The van der Waals surface area contributed by atoms with Crippen LogP contribution in [0.15, 0.2) is 77.3 Å². The molecule has 2 fully saturated rings. The monoisotopic (exact) mass is 634 g/mol. The standard InChI is InChI=1S/C32H35BrN4O5/c1-41-27-13-8-23(20-28(27)42-2)14-17-34-29(38)21-36-22-37(26-6-4-3-5-7-26)32(31(36)40)15-18-35(19-16-32)30(39)24-9-11-25(33)12-10-24/h3-13,20H,14-19,21-22H2,1-2H3,(H,34,38). The molecule has 3 amide bonds. The number of methoxy groups -OCH3 is 2. The fourth-order valence-electron chi connectivity index (χ4n) is 5.79. The van der Waals surface area contributed by atoms with Crippen molar-refractivity contribution in [3.05, 3.63) is 88.4 Å². The van der Waals surface area contributed by atoms with Crippen LogP contribution in [0.3, 0.4) is 0 Å². The third-order valence-corrected chi connectivity index (χ3v) is 8.60. The van der Waals surface area contributed by atoms with Gasteiger partial charge in [-0.1, -0.05) is 40.2 Å². The Balaban J connectivity index is 1.24. The van der Waals surface area contributed by atoms with Crippen molar-refractivity contribution in [2.75, 3.05) is 52.0 Å². The first-order valence-electron chi connectivity index (χ1n) is 14.0. The number of para-hydroxylation sites is 1. The number of piperidine rings is 1. The molecule has 3 aromatic rings. The second-order valence-electron chi connectivity index (χ2n) is 10.5. The Kier molecular flexibility index (Phi) is 9.01. The van der Waals surface area contributed by atoms with E-state index in [9.17, 15) is 14.4 Å². The van der Waals surface area contributed by atoms with Gasteiger partial charge in [0.25, 0.3) is 11.8 Å². The van der Waals surface area contributed by atoms with Gasteiger partial charge in [0.15, 0.2) is 11.5 Å². The summed E-state index contributed by atoms with van der Waals surface area (Å²) in [5, 5.41) is 2.96. The summed E-state index contributed by atoms with van der Waals surface area (Å²) >= 11 is 3.41. The van der Waals surface area contributed by atoms with Gasteiger partial charge in [0.05, 0.1) is 20.9 Å². The lowest BCUT2D eigenvalue weighted by molar-refractivity contribution is -0.137. The molecular formula is C32H35BrN4O5. The van der Waals surface area contributed by atoms with Crippen molar-refractivity contribution in [1.82, 2.24) is 15.1 Å². The van der Waals surface area contributed by atoms with E-state index in [4.69, 9.17) is 9.47 Å². The predicted octanol–water partition coefficient (Wildman–Crippen LogP) is 4.11. The van der Waals surface area contributed by atoms with Crippen LogP contribution in [0.4, 0.5) is 5.69 Å². The number of nitrogens with zero attached hydrogens (tertiary/aromatic N) is 3. The Morgan fingerprint density at radius 3 is 2.29 bits per heavy atom. The van der Waals surface area contributed by atoms with Crippen LogP contribution in [0, 0.1) is 0 Å². The van der Waals surface area contributed by atoms with Crippen molar-refractivity contribution < 1.29 is 23.9 Å². The van der Waals surface area contributed by atoms with Gasteiger partial charge in [0.1, 0.15) is 12.1 Å². The summed E-state index contributed by atoms with van der Waals surface area (Å²) in [4.78, 5) is 45.7. The molecule has 2 aliphatic rings. The van der Waals surface area contributed by atoms with Crippen molar-refractivity contribution in [3.8, 4) is 11.5 Å². The highest BCUT2D eigenvalue weighted by Gasteiger charge is 2.54. The van der Waals surface area contributed by atoms with Crippen molar-refractivity contribution in [3.63, 3.8) is 0 Å². The molecule has 220 valence electrons. The highest BCUT2D eigenvalue weighted by molar-refractivity contribution is 9.10. The van der Waals surface area contributed by atoms with Crippen molar-refractivity contribution in [1.29, 1.82) is 0 Å². The highest BCUT2D eigenvalue weighted by Crippen LogP contribution is 2.39. The number of hydrogen-bond donors (Lipinski definition) is 1. The Morgan fingerprint density at radius 2 is 1.62 bits per heavy atom. The number of amides is 3. The predicted molar refractivity (Wildman–Crippen MR) is 164 cm³/mol. The molecule has 2 saturated heterocycles. The number of hydrogen-bond acceptors (Lipinski definition) is 6. The Labute approximate surface area is 254 Å². The van der Waals surface area contributed by atoms with E-state index in [0.29, 0.717) is 62.6 Å². The third kappa shape index (κ3) is 6.09. The smallest absolute Gasteiger partial charge is 0.253 e. The van der Waals surface area contributed by atoms with Gasteiger partial charge in [-0.25, -0.2) is 0 Å². The number of nitrogens with one attached hydrogen (secondary N) is 1. The molecule has 0 saturated carbocycles. The van der Waals surface area contributed by atoms with Gasteiger partial charge in [0.2, 0.25) is 5.91 Å². The molecular weight excluding hydrogens is 600 g/mol. The first-order valence-corrected chi connectivity index (χ1v) is 14.8. The van der Waals surface area contributed by atoms with E-state index in [1.165, 1.54) is 0 Å². The van der Waals surface area contributed by atoms with E-state index in [2.05, 4.69) is 26.1 Å². The molecule has 0 radical (unpaired) electrons. The Morgan fingerprint density at radius 1 is 0.929 bits per heavy atom. The van der Waals surface area contributed by atoms with E-state index in [1.807, 2.05) is 65.6 Å².